The molecule has 0 saturated carbocycles. The summed E-state index contributed by atoms with van der Waals surface area (Å²) in [5.41, 5.74) is 0. The molecule has 0 unspecified atom stereocenters. The van der Waals surface area contributed by atoms with E-state index in [-0.39, 0.29) is 18.1 Å². The smallest absolute Gasteiger partial charge is 0.249 e. The van der Waals surface area contributed by atoms with E-state index >= 15 is 0 Å². The molecule has 2 atom stereocenters. The first-order valence-corrected chi connectivity index (χ1v) is 6.66. The van der Waals surface area contributed by atoms with Crippen molar-refractivity contribution in [3.8, 4) is 0 Å². The van der Waals surface area contributed by atoms with Crippen LogP contribution >= 0.6 is 0 Å². The molecule has 1 aromatic rings. The van der Waals surface area contributed by atoms with Crippen LogP contribution in [0.2, 0.25) is 0 Å². The van der Waals surface area contributed by atoms with Gasteiger partial charge in [-0.3, -0.25) is 4.79 Å². The van der Waals surface area contributed by atoms with Gasteiger partial charge in [0.25, 0.3) is 0 Å². The van der Waals surface area contributed by atoms with Crippen LogP contribution < -0.4 is 5.32 Å². The van der Waals surface area contributed by atoms with E-state index < -0.39 is 0 Å². The number of carbonyl (C=O) groups is 1. The molecule has 1 aliphatic heterocycles. The van der Waals surface area contributed by atoms with E-state index in [0.717, 1.165) is 25.2 Å². The number of rotatable bonds is 5. The third-order valence-corrected chi connectivity index (χ3v) is 3.31. The Morgan fingerprint density at radius 3 is 3.22 bits per heavy atom. The molecule has 0 fully saturated rings. The molecule has 2 heterocycles. The molecular weight excluding hydrogens is 230 g/mol. The summed E-state index contributed by atoms with van der Waals surface area (Å²) in [7, 11) is 0. The average molecular weight is 251 g/mol. The average Bonchev–Trinajstić information content (AvgIpc) is 2.83. The standard InChI is InChI=1S/C13H21N3O2/c1-3-11(18-4-2)13(17)15-10-5-6-12-14-7-8-16(12)9-10/h7-8,10-11H,3-6,9H2,1-2H3,(H,15,17)/t10-,11-/m0/s1. The summed E-state index contributed by atoms with van der Waals surface area (Å²) in [4.78, 5) is 16.3. The summed E-state index contributed by atoms with van der Waals surface area (Å²) in [6.45, 7) is 5.26. The topological polar surface area (TPSA) is 56.1 Å². The van der Waals surface area contributed by atoms with Crippen molar-refractivity contribution in [2.45, 2.75) is 51.8 Å². The number of amides is 1. The quantitative estimate of drug-likeness (QED) is 0.853. The molecule has 2 rings (SSSR count). The van der Waals surface area contributed by atoms with Crippen molar-refractivity contribution >= 4 is 5.91 Å². The second kappa shape index (κ2) is 6.00. The Bertz CT molecular complexity index is 403. The third-order valence-electron chi connectivity index (χ3n) is 3.31. The normalized spacial score (nSPS) is 20.2. The van der Waals surface area contributed by atoms with Crippen molar-refractivity contribution < 1.29 is 9.53 Å². The molecule has 0 saturated heterocycles. The maximum absolute atomic E-state index is 12.0. The van der Waals surface area contributed by atoms with Crippen molar-refractivity contribution in [1.29, 1.82) is 0 Å². The first-order chi connectivity index (χ1) is 8.74. The van der Waals surface area contributed by atoms with Gasteiger partial charge in [0, 0.05) is 38.0 Å². The van der Waals surface area contributed by atoms with E-state index in [1.165, 1.54) is 0 Å². The minimum Gasteiger partial charge on any atom is -0.369 e. The molecule has 0 bridgehead atoms. The number of nitrogens with one attached hydrogen (secondary N) is 1. The summed E-state index contributed by atoms with van der Waals surface area (Å²) in [5.74, 6) is 1.12. The SMILES string of the molecule is CCO[C@@H](CC)C(=O)N[C@H]1CCc2nccn2C1. The molecule has 5 nitrogen and oxygen atoms in total. The Hall–Kier alpha value is -1.36. The highest BCUT2D eigenvalue weighted by Crippen LogP contribution is 2.13. The van der Waals surface area contributed by atoms with Crippen LogP contribution in [0.5, 0.6) is 0 Å². The maximum atomic E-state index is 12.0. The van der Waals surface area contributed by atoms with Gasteiger partial charge in [-0.2, -0.15) is 0 Å². The van der Waals surface area contributed by atoms with E-state index in [4.69, 9.17) is 4.74 Å². The highest BCUT2D eigenvalue weighted by atomic mass is 16.5. The van der Waals surface area contributed by atoms with Gasteiger partial charge in [-0.1, -0.05) is 6.92 Å². The number of imidazole rings is 1. The zero-order valence-corrected chi connectivity index (χ0v) is 11.1. The number of hydrogen-bond acceptors (Lipinski definition) is 3. The summed E-state index contributed by atoms with van der Waals surface area (Å²) < 4.78 is 7.52. The molecule has 5 heteroatoms. The van der Waals surface area contributed by atoms with E-state index in [2.05, 4.69) is 14.9 Å². The highest BCUT2D eigenvalue weighted by molar-refractivity contribution is 5.81. The summed E-state index contributed by atoms with van der Waals surface area (Å²) in [6.07, 6.45) is 6.04. The lowest BCUT2D eigenvalue weighted by Gasteiger charge is -2.26. The van der Waals surface area contributed by atoms with Crippen LogP contribution in [0.1, 0.15) is 32.5 Å². The molecule has 1 aliphatic rings. The van der Waals surface area contributed by atoms with E-state index in [9.17, 15) is 4.79 Å². The lowest BCUT2D eigenvalue weighted by Crippen LogP contribution is -2.45. The predicted molar refractivity (Wildman–Crippen MR) is 68.2 cm³/mol. The van der Waals surface area contributed by atoms with Gasteiger partial charge in [0.15, 0.2) is 0 Å². The minimum atomic E-state index is -0.320. The predicted octanol–water partition coefficient (Wildman–Crippen LogP) is 1.13. The van der Waals surface area contributed by atoms with Crippen LogP contribution in [-0.2, 0) is 22.5 Å². The van der Waals surface area contributed by atoms with E-state index in [0.29, 0.717) is 13.0 Å². The monoisotopic (exact) mass is 251 g/mol. The van der Waals surface area contributed by atoms with Gasteiger partial charge in [-0.25, -0.2) is 4.98 Å². The van der Waals surface area contributed by atoms with Gasteiger partial charge in [-0.15, -0.1) is 0 Å². The van der Waals surface area contributed by atoms with Crippen molar-refractivity contribution in [2.24, 2.45) is 0 Å². The van der Waals surface area contributed by atoms with Gasteiger partial charge < -0.3 is 14.6 Å². The Labute approximate surface area is 108 Å². The number of hydrogen-bond donors (Lipinski definition) is 1. The molecule has 1 aromatic heterocycles. The van der Waals surface area contributed by atoms with Gasteiger partial charge in [0.05, 0.1) is 0 Å². The molecule has 0 aromatic carbocycles. The lowest BCUT2D eigenvalue weighted by molar-refractivity contribution is -0.133. The van der Waals surface area contributed by atoms with E-state index in [1.54, 1.807) is 0 Å². The van der Waals surface area contributed by atoms with Crippen LogP contribution in [0.3, 0.4) is 0 Å². The number of ether oxygens (including phenoxy) is 1. The Kier molecular flexibility index (Phi) is 4.36. The van der Waals surface area contributed by atoms with Crippen molar-refractivity contribution in [3.05, 3.63) is 18.2 Å². The molecule has 0 aliphatic carbocycles. The van der Waals surface area contributed by atoms with Crippen molar-refractivity contribution in [2.75, 3.05) is 6.61 Å². The highest BCUT2D eigenvalue weighted by Gasteiger charge is 2.23. The van der Waals surface area contributed by atoms with E-state index in [1.807, 2.05) is 26.2 Å². The fourth-order valence-corrected chi connectivity index (χ4v) is 2.36. The molecule has 100 valence electrons. The van der Waals surface area contributed by atoms with Gasteiger partial charge in [0.1, 0.15) is 11.9 Å². The first kappa shape index (κ1) is 13.1. The van der Waals surface area contributed by atoms with Crippen LogP contribution in [0.15, 0.2) is 12.4 Å². The molecule has 0 radical (unpaired) electrons. The lowest BCUT2D eigenvalue weighted by atomic mass is 10.1. The fraction of sp³-hybridized carbons (Fsp3) is 0.692. The van der Waals surface area contributed by atoms with Gasteiger partial charge in [-0.05, 0) is 19.8 Å². The molecule has 18 heavy (non-hydrogen) atoms. The molecule has 1 amide bonds. The molecule has 0 spiro atoms. The second-order valence-corrected chi connectivity index (χ2v) is 4.59. The number of nitrogens with zero attached hydrogens (tertiary/aromatic N) is 2. The molecule has 1 N–H and O–H groups in total. The first-order valence-electron chi connectivity index (χ1n) is 6.66. The number of aromatic nitrogens is 2. The number of aryl methyl sites for hydroxylation is 1. The van der Waals surface area contributed by atoms with Crippen LogP contribution in [0.4, 0.5) is 0 Å². The van der Waals surface area contributed by atoms with Crippen LogP contribution in [0, 0.1) is 0 Å². The Balaban J connectivity index is 1.89. The van der Waals surface area contributed by atoms with Gasteiger partial charge >= 0.3 is 0 Å². The zero-order valence-electron chi connectivity index (χ0n) is 11.1. The minimum absolute atomic E-state index is 0.00733. The summed E-state index contributed by atoms with van der Waals surface area (Å²) in [5, 5.41) is 3.07. The Morgan fingerprint density at radius 2 is 2.50 bits per heavy atom. The number of fused-ring (bicyclic) bond motifs is 1. The van der Waals surface area contributed by atoms with Crippen molar-refractivity contribution in [3.63, 3.8) is 0 Å². The van der Waals surface area contributed by atoms with Crippen molar-refractivity contribution in [1.82, 2.24) is 14.9 Å². The maximum Gasteiger partial charge on any atom is 0.249 e. The largest absolute Gasteiger partial charge is 0.369 e. The third kappa shape index (κ3) is 2.90. The molecular formula is C13H21N3O2. The zero-order chi connectivity index (χ0) is 13.0. The van der Waals surface area contributed by atoms with Crippen LogP contribution in [-0.4, -0.2) is 34.2 Å². The summed E-state index contributed by atoms with van der Waals surface area (Å²) in [6, 6.07) is 0.189. The fourth-order valence-electron chi connectivity index (χ4n) is 2.36. The summed E-state index contributed by atoms with van der Waals surface area (Å²) >= 11 is 0. The van der Waals surface area contributed by atoms with Gasteiger partial charge in [0.2, 0.25) is 5.91 Å². The number of carbonyl (C=O) groups excluding carboxylic acids is 1. The van der Waals surface area contributed by atoms with Crippen LogP contribution in [0.25, 0.3) is 0 Å². The Morgan fingerprint density at radius 1 is 1.67 bits per heavy atom. The second-order valence-electron chi connectivity index (χ2n) is 4.59.